The van der Waals surface area contributed by atoms with Crippen LogP contribution in [-0.2, 0) is 6.54 Å². The van der Waals surface area contributed by atoms with Crippen LogP contribution in [0.2, 0.25) is 0 Å². The van der Waals surface area contributed by atoms with E-state index in [4.69, 9.17) is 4.74 Å². The van der Waals surface area contributed by atoms with Gasteiger partial charge in [-0.05, 0) is 18.2 Å². The lowest BCUT2D eigenvalue weighted by Gasteiger charge is -2.07. The standard InChI is InChI=1S/C14H14N4O/c1-19-12-7-3-2-6-11(12)10-15-14-16-13-8-4-5-9-18(13)17-14/h2-9H,10H2,1H3,(H,15,17). The van der Waals surface area contributed by atoms with Crippen LogP contribution in [0.15, 0.2) is 48.7 Å². The Labute approximate surface area is 110 Å². The fraction of sp³-hybridized carbons (Fsp3) is 0.143. The molecule has 0 spiro atoms. The molecular formula is C14H14N4O. The van der Waals surface area contributed by atoms with Crippen molar-refractivity contribution in [1.82, 2.24) is 14.6 Å². The molecule has 0 unspecified atom stereocenters. The molecule has 2 aromatic heterocycles. The summed E-state index contributed by atoms with van der Waals surface area (Å²) in [5.74, 6) is 1.47. The maximum atomic E-state index is 5.31. The summed E-state index contributed by atoms with van der Waals surface area (Å²) in [6.07, 6.45) is 1.87. The predicted molar refractivity (Wildman–Crippen MR) is 73.3 cm³/mol. The van der Waals surface area contributed by atoms with E-state index in [2.05, 4.69) is 15.4 Å². The highest BCUT2D eigenvalue weighted by Crippen LogP contribution is 2.18. The van der Waals surface area contributed by atoms with Gasteiger partial charge in [0.15, 0.2) is 5.65 Å². The highest BCUT2D eigenvalue weighted by molar-refractivity contribution is 5.44. The number of nitrogens with zero attached hydrogens (tertiary/aromatic N) is 3. The summed E-state index contributed by atoms with van der Waals surface area (Å²) >= 11 is 0. The van der Waals surface area contributed by atoms with Crippen molar-refractivity contribution in [2.24, 2.45) is 0 Å². The largest absolute Gasteiger partial charge is 0.496 e. The zero-order valence-corrected chi connectivity index (χ0v) is 10.6. The van der Waals surface area contributed by atoms with E-state index < -0.39 is 0 Å². The first-order valence-corrected chi connectivity index (χ1v) is 6.04. The Morgan fingerprint density at radius 1 is 1.16 bits per heavy atom. The molecule has 0 atom stereocenters. The number of ether oxygens (including phenoxy) is 1. The van der Waals surface area contributed by atoms with Gasteiger partial charge in [0.25, 0.3) is 0 Å². The van der Waals surface area contributed by atoms with E-state index in [1.807, 2.05) is 48.7 Å². The summed E-state index contributed by atoms with van der Waals surface area (Å²) in [4.78, 5) is 4.38. The van der Waals surface area contributed by atoms with Crippen molar-refractivity contribution in [3.8, 4) is 5.75 Å². The number of rotatable bonds is 4. The van der Waals surface area contributed by atoms with E-state index >= 15 is 0 Å². The van der Waals surface area contributed by atoms with Gasteiger partial charge >= 0.3 is 0 Å². The molecule has 3 aromatic rings. The molecule has 0 aliphatic heterocycles. The lowest BCUT2D eigenvalue weighted by atomic mass is 10.2. The van der Waals surface area contributed by atoms with E-state index in [1.54, 1.807) is 11.6 Å². The summed E-state index contributed by atoms with van der Waals surface area (Å²) in [5, 5.41) is 7.54. The monoisotopic (exact) mass is 254 g/mol. The molecule has 0 radical (unpaired) electrons. The Balaban J connectivity index is 1.78. The van der Waals surface area contributed by atoms with Gasteiger partial charge in [0.1, 0.15) is 5.75 Å². The maximum absolute atomic E-state index is 5.31. The van der Waals surface area contributed by atoms with Crippen molar-refractivity contribution < 1.29 is 4.74 Å². The van der Waals surface area contributed by atoms with Crippen LogP contribution in [0.3, 0.4) is 0 Å². The number of benzene rings is 1. The second-order valence-electron chi connectivity index (χ2n) is 4.10. The molecule has 5 nitrogen and oxygen atoms in total. The van der Waals surface area contributed by atoms with Crippen LogP contribution < -0.4 is 10.1 Å². The lowest BCUT2D eigenvalue weighted by Crippen LogP contribution is -2.03. The summed E-state index contributed by atoms with van der Waals surface area (Å²) in [5.41, 5.74) is 1.90. The summed E-state index contributed by atoms with van der Waals surface area (Å²) in [7, 11) is 1.67. The van der Waals surface area contributed by atoms with Gasteiger partial charge in [-0.25, -0.2) is 4.52 Å². The number of methoxy groups -OCH3 is 1. The number of nitrogens with one attached hydrogen (secondary N) is 1. The van der Waals surface area contributed by atoms with E-state index in [-0.39, 0.29) is 0 Å². The van der Waals surface area contributed by atoms with E-state index in [0.29, 0.717) is 12.5 Å². The Bertz CT molecular complexity index is 659. The number of hydrogen-bond acceptors (Lipinski definition) is 4. The number of pyridine rings is 1. The first kappa shape index (κ1) is 11.5. The van der Waals surface area contributed by atoms with E-state index in [1.165, 1.54) is 0 Å². The Morgan fingerprint density at radius 2 is 2.00 bits per heavy atom. The third-order valence-corrected chi connectivity index (χ3v) is 2.87. The quantitative estimate of drug-likeness (QED) is 0.776. The van der Waals surface area contributed by atoms with Crippen LogP contribution in [0.4, 0.5) is 5.95 Å². The number of aromatic nitrogens is 3. The third kappa shape index (κ3) is 2.35. The molecule has 0 aliphatic rings. The van der Waals surface area contributed by atoms with Gasteiger partial charge in [0.2, 0.25) is 5.95 Å². The summed E-state index contributed by atoms with van der Waals surface area (Å²) < 4.78 is 7.05. The minimum Gasteiger partial charge on any atom is -0.496 e. The second kappa shape index (κ2) is 4.97. The first-order chi connectivity index (χ1) is 9.36. The van der Waals surface area contributed by atoms with Crippen LogP contribution in [0, 0.1) is 0 Å². The van der Waals surface area contributed by atoms with Crippen molar-refractivity contribution in [2.75, 3.05) is 12.4 Å². The van der Waals surface area contributed by atoms with E-state index in [9.17, 15) is 0 Å². The molecule has 96 valence electrons. The van der Waals surface area contributed by atoms with Gasteiger partial charge in [-0.15, -0.1) is 5.10 Å². The van der Waals surface area contributed by atoms with Crippen LogP contribution in [0.1, 0.15) is 5.56 Å². The zero-order chi connectivity index (χ0) is 13.1. The molecule has 0 fully saturated rings. The Kier molecular flexibility index (Phi) is 3.02. The maximum Gasteiger partial charge on any atom is 0.243 e. The smallest absolute Gasteiger partial charge is 0.243 e. The third-order valence-electron chi connectivity index (χ3n) is 2.87. The van der Waals surface area contributed by atoms with Crippen LogP contribution in [0.25, 0.3) is 5.65 Å². The van der Waals surface area contributed by atoms with Crippen molar-refractivity contribution in [3.05, 3.63) is 54.2 Å². The summed E-state index contributed by atoms with van der Waals surface area (Å²) in [6, 6.07) is 13.7. The number of anilines is 1. The molecule has 0 bridgehead atoms. The molecule has 19 heavy (non-hydrogen) atoms. The first-order valence-electron chi connectivity index (χ1n) is 6.04. The van der Waals surface area contributed by atoms with Crippen molar-refractivity contribution in [1.29, 1.82) is 0 Å². The van der Waals surface area contributed by atoms with Gasteiger partial charge in [-0.3, -0.25) is 0 Å². The molecule has 1 N–H and O–H groups in total. The molecule has 0 amide bonds. The average Bonchev–Trinajstić information content (AvgIpc) is 2.88. The fourth-order valence-corrected chi connectivity index (χ4v) is 1.93. The highest BCUT2D eigenvalue weighted by Gasteiger charge is 2.04. The SMILES string of the molecule is COc1ccccc1CNc1nc2ccccn2n1. The topological polar surface area (TPSA) is 51.5 Å². The molecule has 0 aliphatic carbocycles. The van der Waals surface area contributed by atoms with Gasteiger partial charge in [0.05, 0.1) is 7.11 Å². The molecule has 3 rings (SSSR count). The van der Waals surface area contributed by atoms with Crippen molar-refractivity contribution in [3.63, 3.8) is 0 Å². The number of para-hydroxylation sites is 1. The van der Waals surface area contributed by atoms with Gasteiger partial charge in [0, 0.05) is 18.3 Å². The molecule has 0 saturated heterocycles. The normalized spacial score (nSPS) is 10.6. The highest BCUT2D eigenvalue weighted by atomic mass is 16.5. The van der Waals surface area contributed by atoms with Crippen LogP contribution in [0.5, 0.6) is 5.75 Å². The van der Waals surface area contributed by atoms with Crippen LogP contribution in [-0.4, -0.2) is 21.7 Å². The molecule has 5 heteroatoms. The Hall–Kier alpha value is -2.56. The molecule has 0 saturated carbocycles. The van der Waals surface area contributed by atoms with E-state index in [0.717, 1.165) is 17.0 Å². The lowest BCUT2D eigenvalue weighted by molar-refractivity contribution is 0.410. The molecule has 1 aromatic carbocycles. The van der Waals surface area contributed by atoms with Gasteiger partial charge in [-0.1, -0.05) is 24.3 Å². The zero-order valence-electron chi connectivity index (χ0n) is 10.6. The average molecular weight is 254 g/mol. The van der Waals surface area contributed by atoms with Crippen molar-refractivity contribution >= 4 is 11.6 Å². The molecular weight excluding hydrogens is 240 g/mol. The van der Waals surface area contributed by atoms with Gasteiger partial charge < -0.3 is 10.1 Å². The Morgan fingerprint density at radius 3 is 2.84 bits per heavy atom. The fourth-order valence-electron chi connectivity index (χ4n) is 1.93. The van der Waals surface area contributed by atoms with Gasteiger partial charge in [-0.2, -0.15) is 4.98 Å². The number of fused-ring (bicyclic) bond motifs is 1. The summed E-state index contributed by atoms with van der Waals surface area (Å²) in [6.45, 7) is 0.626. The number of hydrogen-bond donors (Lipinski definition) is 1. The molecule has 2 heterocycles. The minimum atomic E-state index is 0.608. The predicted octanol–water partition coefficient (Wildman–Crippen LogP) is 2.35. The minimum absolute atomic E-state index is 0.608. The van der Waals surface area contributed by atoms with Crippen LogP contribution >= 0.6 is 0 Å². The second-order valence-corrected chi connectivity index (χ2v) is 4.10. The van der Waals surface area contributed by atoms with Crippen molar-refractivity contribution in [2.45, 2.75) is 6.54 Å².